The Kier molecular flexibility index (Phi) is 9.34. The summed E-state index contributed by atoms with van der Waals surface area (Å²) in [5.74, 6) is 0.428. The highest BCUT2D eigenvalue weighted by Gasteiger charge is 2.24. The molecule has 0 saturated carbocycles. The number of hydrogen-bond donors (Lipinski definition) is 2. The van der Waals surface area contributed by atoms with Gasteiger partial charge in [-0.25, -0.2) is 0 Å². The second-order valence-corrected chi connectivity index (χ2v) is 9.35. The maximum atomic E-state index is 12.8. The van der Waals surface area contributed by atoms with Gasteiger partial charge in [-0.05, 0) is 36.6 Å². The first-order chi connectivity index (χ1) is 17.3. The van der Waals surface area contributed by atoms with Gasteiger partial charge in [-0.3, -0.25) is 19.7 Å². The molecule has 10 nitrogen and oxygen atoms in total. The van der Waals surface area contributed by atoms with Crippen molar-refractivity contribution < 1.29 is 14.5 Å². The van der Waals surface area contributed by atoms with E-state index in [1.165, 1.54) is 36.0 Å². The van der Waals surface area contributed by atoms with Crippen LogP contribution in [0.3, 0.4) is 0 Å². The van der Waals surface area contributed by atoms with Gasteiger partial charge in [-0.2, -0.15) is 0 Å². The number of carbonyl (C=O) groups is 2. The summed E-state index contributed by atoms with van der Waals surface area (Å²) in [6, 6.07) is 14.2. The summed E-state index contributed by atoms with van der Waals surface area (Å²) in [6.07, 6.45) is 2.36. The number of rotatable bonds is 12. The molecule has 0 saturated heterocycles. The van der Waals surface area contributed by atoms with E-state index in [2.05, 4.69) is 41.3 Å². The molecule has 2 amide bonds. The average Bonchev–Trinajstić information content (AvgIpc) is 3.25. The van der Waals surface area contributed by atoms with Crippen LogP contribution >= 0.6 is 11.8 Å². The second kappa shape index (κ2) is 12.6. The molecule has 3 rings (SSSR count). The lowest BCUT2D eigenvalue weighted by atomic mass is 10.0. The molecule has 36 heavy (non-hydrogen) atoms. The number of thioether (sulfide) groups is 1. The van der Waals surface area contributed by atoms with Crippen LogP contribution in [-0.2, 0) is 11.3 Å². The van der Waals surface area contributed by atoms with Crippen molar-refractivity contribution in [3.63, 3.8) is 0 Å². The minimum absolute atomic E-state index is 0.0530. The van der Waals surface area contributed by atoms with Gasteiger partial charge in [-0.15, -0.1) is 16.8 Å². The van der Waals surface area contributed by atoms with Crippen molar-refractivity contribution in [3.05, 3.63) is 88.8 Å². The number of amides is 2. The number of hydrogen-bond acceptors (Lipinski definition) is 7. The topological polar surface area (TPSA) is 132 Å². The number of carbonyl (C=O) groups excluding carboxylic acids is 2. The van der Waals surface area contributed by atoms with Gasteiger partial charge in [0.25, 0.3) is 11.6 Å². The lowest BCUT2D eigenvalue weighted by molar-refractivity contribution is -0.384. The quantitative estimate of drug-likeness (QED) is 0.158. The largest absolute Gasteiger partial charge is 0.342 e. The molecule has 0 aliphatic carbocycles. The molecule has 2 N–H and O–H groups in total. The average molecular weight is 509 g/mol. The van der Waals surface area contributed by atoms with Gasteiger partial charge in [0.05, 0.1) is 16.7 Å². The fourth-order valence-electron chi connectivity index (χ4n) is 3.49. The molecule has 0 bridgehead atoms. The Bertz CT molecular complexity index is 1210. The smallest absolute Gasteiger partial charge is 0.269 e. The van der Waals surface area contributed by atoms with Gasteiger partial charge in [0.1, 0.15) is 0 Å². The van der Waals surface area contributed by atoms with Crippen LogP contribution in [0.15, 0.2) is 72.4 Å². The first-order valence-electron chi connectivity index (χ1n) is 11.4. The highest BCUT2D eigenvalue weighted by atomic mass is 32.2. The van der Waals surface area contributed by atoms with Crippen molar-refractivity contribution in [2.45, 2.75) is 38.0 Å². The highest BCUT2D eigenvalue weighted by molar-refractivity contribution is 7.99. The van der Waals surface area contributed by atoms with Gasteiger partial charge < -0.3 is 15.2 Å². The molecule has 0 fully saturated rings. The standard InChI is InChI=1S/C25H28N6O4S/c1-4-14-30-23(21(15-17(2)3)27-24(33)18-8-6-5-7-9-18)28-29-25(30)36-16-22(32)26-19-10-12-20(13-11-19)31(34)35/h4-13,17,21H,1,14-16H2,2-3H3,(H,26,32)(H,27,33). The maximum Gasteiger partial charge on any atom is 0.269 e. The third-order valence-corrected chi connectivity index (χ3v) is 6.08. The van der Waals surface area contributed by atoms with E-state index in [4.69, 9.17) is 0 Å². The zero-order valence-electron chi connectivity index (χ0n) is 20.1. The zero-order chi connectivity index (χ0) is 26.1. The Morgan fingerprint density at radius 3 is 2.44 bits per heavy atom. The van der Waals surface area contributed by atoms with Crippen LogP contribution in [-0.4, -0.2) is 37.3 Å². The predicted octanol–water partition coefficient (Wildman–Crippen LogP) is 4.62. The monoisotopic (exact) mass is 508 g/mol. The molecule has 0 aliphatic heterocycles. The van der Waals surface area contributed by atoms with E-state index in [1.807, 2.05) is 22.8 Å². The van der Waals surface area contributed by atoms with Crippen LogP contribution in [0.4, 0.5) is 11.4 Å². The van der Waals surface area contributed by atoms with Crippen LogP contribution in [0.1, 0.15) is 42.5 Å². The Labute approximate surface area is 213 Å². The number of benzene rings is 2. The van der Waals surface area contributed by atoms with E-state index in [9.17, 15) is 19.7 Å². The molecule has 1 aromatic heterocycles. The van der Waals surface area contributed by atoms with Crippen LogP contribution < -0.4 is 10.6 Å². The molecule has 3 aromatic rings. The van der Waals surface area contributed by atoms with E-state index in [0.29, 0.717) is 35.2 Å². The predicted molar refractivity (Wildman–Crippen MR) is 139 cm³/mol. The molecule has 11 heteroatoms. The number of nitro groups is 1. The van der Waals surface area contributed by atoms with E-state index >= 15 is 0 Å². The number of nitrogens with zero attached hydrogens (tertiary/aromatic N) is 4. The lowest BCUT2D eigenvalue weighted by Crippen LogP contribution is -2.31. The minimum Gasteiger partial charge on any atom is -0.342 e. The second-order valence-electron chi connectivity index (χ2n) is 8.40. The number of non-ortho nitro benzene ring substituents is 1. The van der Waals surface area contributed by atoms with Crippen LogP contribution in [0.25, 0.3) is 0 Å². The number of nitrogens with one attached hydrogen (secondary N) is 2. The van der Waals surface area contributed by atoms with E-state index in [0.717, 1.165) is 0 Å². The summed E-state index contributed by atoms with van der Waals surface area (Å²) in [5, 5.41) is 25.7. The number of nitro benzene ring substituents is 1. The molecule has 2 aromatic carbocycles. The van der Waals surface area contributed by atoms with Gasteiger partial charge in [0, 0.05) is 29.9 Å². The van der Waals surface area contributed by atoms with Gasteiger partial charge in [0.2, 0.25) is 5.91 Å². The normalized spacial score (nSPS) is 11.6. The Balaban J connectivity index is 1.73. The summed E-state index contributed by atoms with van der Waals surface area (Å²) in [7, 11) is 0. The van der Waals surface area contributed by atoms with E-state index < -0.39 is 4.92 Å². The number of anilines is 1. The van der Waals surface area contributed by atoms with Crippen LogP contribution in [0.5, 0.6) is 0 Å². The SMILES string of the molecule is C=CCn1c(SCC(=O)Nc2ccc([N+](=O)[O-])cc2)nnc1C(CC(C)C)NC(=O)c1ccccc1. The lowest BCUT2D eigenvalue weighted by Gasteiger charge is -2.21. The summed E-state index contributed by atoms with van der Waals surface area (Å²) in [6.45, 7) is 8.35. The van der Waals surface area contributed by atoms with Crippen LogP contribution in [0, 0.1) is 16.0 Å². The van der Waals surface area contributed by atoms with Gasteiger partial charge in [0.15, 0.2) is 11.0 Å². The highest BCUT2D eigenvalue weighted by Crippen LogP contribution is 2.26. The molecule has 1 heterocycles. The third-order valence-electron chi connectivity index (χ3n) is 5.11. The number of aromatic nitrogens is 3. The molecular weight excluding hydrogens is 480 g/mol. The molecule has 0 spiro atoms. The first kappa shape index (κ1) is 26.6. The summed E-state index contributed by atoms with van der Waals surface area (Å²) >= 11 is 1.20. The Morgan fingerprint density at radius 2 is 1.83 bits per heavy atom. The third kappa shape index (κ3) is 7.25. The molecular formula is C25H28N6O4S. The van der Waals surface area contributed by atoms with Crippen molar-refractivity contribution in [3.8, 4) is 0 Å². The van der Waals surface area contributed by atoms with Crippen LogP contribution in [0.2, 0.25) is 0 Å². The fourth-order valence-corrected chi connectivity index (χ4v) is 4.25. The van der Waals surface area contributed by atoms with Crippen molar-refractivity contribution >= 4 is 35.0 Å². The molecule has 1 atom stereocenters. The fraction of sp³-hybridized carbons (Fsp3) is 0.280. The molecule has 0 radical (unpaired) electrons. The van der Waals surface area contributed by atoms with Gasteiger partial charge in [-0.1, -0.05) is 49.9 Å². The molecule has 0 aliphatic rings. The minimum atomic E-state index is -0.500. The van der Waals surface area contributed by atoms with Crippen molar-refractivity contribution in [2.24, 2.45) is 5.92 Å². The van der Waals surface area contributed by atoms with Crippen molar-refractivity contribution in [1.29, 1.82) is 0 Å². The Hall–Kier alpha value is -3.99. The zero-order valence-corrected chi connectivity index (χ0v) is 20.9. The first-order valence-corrected chi connectivity index (χ1v) is 12.3. The Morgan fingerprint density at radius 1 is 1.14 bits per heavy atom. The van der Waals surface area contributed by atoms with E-state index in [-0.39, 0.29) is 35.2 Å². The molecule has 1 unspecified atom stereocenters. The molecule has 188 valence electrons. The van der Waals surface area contributed by atoms with Crippen molar-refractivity contribution in [2.75, 3.05) is 11.1 Å². The van der Waals surface area contributed by atoms with Gasteiger partial charge >= 0.3 is 0 Å². The summed E-state index contributed by atoms with van der Waals surface area (Å²) in [4.78, 5) is 35.6. The maximum absolute atomic E-state index is 12.8. The van der Waals surface area contributed by atoms with Crippen molar-refractivity contribution in [1.82, 2.24) is 20.1 Å². The summed E-state index contributed by atoms with van der Waals surface area (Å²) in [5.41, 5.74) is 0.960. The summed E-state index contributed by atoms with van der Waals surface area (Å²) < 4.78 is 1.84. The van der Waals surface area contributed by atoms with E-state index in [1.54, 1.807) is 18.2 Å². The number of allylic oxidation sites excluding steroid dienone is 1.